The first-order chi connectivity index (χ1) is 15.8. The molecule has 5 rings (SSSR count). The van der Waals surface area contributed by atoms with Gasteiger partial charge in [-0.05, 0) is 55.9 Å². The second-order valence-electron chi connectivity index (χ2n) is 8.62. The maximum atomic E-state index is 6.15. The molecular formula is C24H31ClN6O2. The molecule has 2 aliphatic rings. The summed E-state index contributed by atoms with van der Waals surface area (Å²) in [5.74, 6) is 1.24. The normalized spacial score (nSPS) is 20.8. The summed E-state index contributed by atoms with van der Waals surface area (Å²) in [4.78, 5) is 11.0. The molecule has 3 heterocycles. The molecule has 0 spiro atoms. The number of ether oxygens (including phenoxy) is 2. The van der Waals surface area contributed by atoms with Gasteiger partial charge < -0.3 is 20.1 Å². The lowest BCUT2D eigenvalue weighted by Gasteiger charge is -2.28. The van der Waals surface area contributed by atoms with E-state index >= 15 is 0 Å². The number of hydrogen-bond acceptors (Lipinski definition) is 7. The summed E-state index contributed by atoms with van der Waals surface area (Å²) in [6.45, 7) is 4.08. The predicted molar refractivity (Wildman–Crippen MR) is 130 cm³/mol. The Morgan fingerprint density at radius 3 is 2.48 bits per heavy atom. The first-order valence-electron chi connectivity index (χ1n) is 11.4. The van der Waals surface area contributed by atoms with E-state index in [1.165, 1.54) is 5.69 Å². The molecule has 2 fully saturated rings. The largest absolute Gasteiger partial charge is 0.489 e. The van der Waals surface area contributed by atoms with Crippen molar-refractivity contribution in [1.29, 1.82) is 0 Å². The fourth-order valence-electron chi connectivity index (χ4n) is 4.43. The predicted octanol–water partition coefficient (Wildman–Crippen LogP) is 3.48. The lowest BCUT2D eigenvalue weighted by atomic mass is 9.87. The Morgan fingerprint density at radius 2 is 1.73 bits per heavy atom. The minimum absolute atomic E-state index is 0. The van der Waals surface area contributed by atoms with E-state index in [9.17, 15) is 0 Å². The van der Waals surface area contributed by atoms with E-state index in [4.69, 9.17) is 15.2 Å². The first kappa shape index (κ1) is 23.5. The standard InChI is InChI=1S/C24H30N6O2.ClH/c25-20-3-1-18(2-4-20)16-32-23-14-26-17-27-24(23)19-13-28-30(15-19)22-7-5-21(6-8-22)29-9-11-31-12-10-29;/h5-8,13-15,17-18,20H,1-4,9-12,16,25H2;1H/t18-,20+;. The van der Waals surface area contributed by atoms with Crippen LogP contribution in [-0.4, -0.2) is 58.7 Å². The zero-order chi connectivity index (χ0) is 21.8. The Kier molecular flexibility index (Phi) is 7.80. The van der Waals surface area contributed by atoms with Crippen molar-refractivity contribution in [2.45, 2.75) is 31.7 Å². The number of aromatic nitrogens is 4. The van der Waals surface area contributed by atoms with Gasteiger partial charge in [0.05, 0.1) is 37.9 Å². The molecule has 2 aromatic heterocycles. The number of nitrogens with two attached hydrogens (primary N) is 1. The minimum Gasteiger partial charge on any atom is -0.489 e. The van der Waals surface area contributed by atoms with Crippen molar-refractivity contribution in [3.8, 4) is 22.7 Å². The first-order valence-corrected chi connectivity index (χ1v) is 11.4. The Bertz CT molecular complexity index is 1010. The van der Waals surface area contributed by atoms with Crippen LogP contribution in [0.25, 0.3) is 16.9 Å². The second-order valence-corrected chi connectivity index (χ2v) is 8.62. The van der Waals surface area contributed by atoms with Crippen molar-refractivity contribution in [1.82, 2.24) is 19.7 Å². The van der Waals surface area contributed by atoms with E-state index in [0.717, 1.165) is 68.9 Å². The van der Waals surface area contributed by atoms with Crippen molar-refractivity contribution in [2.75, 3.05) is 37.8 Å². The molecule has 176 valence electrons. The van der Waals surface area contributed by atoms with Crippen LogP contribution in [0.1, 0.15) is 25.7 Å². The number of morpholine rings is 1. The Hall–Kier alpha value is -2.68. The van der Waals surface area contributed by atoms with Gasteiger partial charge in [-0.3, -0.25) is 0 Å². The molecule has 3 aromatic rings. The number of hydrogen-bond donors (Lipinski definition) is 1. The average molecular weight is 471 g/mol. The van der Waals surface area contributed by atoms with Crippen molar-refractivity contribution in [3.05, 3.63) is 49.2 Å². The third-order valence-corrected chi connectivity index (χ3v) is 6.39. The van der Waals surface area contributed by atoms with Crippen LogP contribution in [-0.2, 0) is 4.74 Å². The molecule has 0 bridgehead atoms. The average Bonchev–Trinajstić information content (AvgIpc) is 3.35. The smallest absolute Gasteiger partial charge is 0.163 e. The SMILES string of the molecule is Cl.N[C@H]1CC[C@@H](COc2cncnc2-c2cnn(-c3ccc(N4CCOCC4)cc3)c2)CC1. The van der Waals surface area contributed by atoms with Crippen LogP contribution in [0.5, 0.6) is 5.75 Å². The van der Waals surface area contributed by atoms with Crippen LogP contribution in [0.2, 0.25) is 0 Å². The summed E-state index contributed by atoms with van der Waals surface area (Å²) < 4.78 is 13.5. The quantitative estimate of drug-likeness (QED) is 0.589. The summed E-state index contributed by atoms with van der Waals surface area (Å²) >= 11 is 0. The monoisotopic (exact) mass is 470 g/mol. The number of benzene rings is 1. The van der Waals surface area contributed by atoms with E-state index in [0.29, 0.717) is 24.3 Å². The fourth-order valence-corrected chi connectivity index (χ4v) is 4.43. The number of rotatable bonds is 6. The fraction of sp³-hybridized carbons (Fsp3) is 0.458. The molecule has 0 amide bonds. The summed E-state index contributed by atoms with van der Waals surface area (Å²) in [5, 5.41) is 4.56. The van der Waals surface area contributed by atoms with Gasteiger partial charge in [0.25, 0.3) is 0 Å². The van der Waals surface area contributed by atoms with Gasteiger partial charge >= 0.3 is 0 Å². The minimum atomic E-state index is 0. The van der Waals surface area contributed by atoms with Crippen molar-refractivity contribution < 1.29 is 9.47 Å². The van der Waals surface area contributed by atoms with Gasteiger partial charge in [0.1, 0.15) is 12.0 Å². The van der Waals surface area contributed by atoms with Crippen molar-refractivity contribution >= 4 is 18.1 Å². The van der Waals surface area contributed by atoms with Crippen LogP contribution in [0.3, 0.4) is 0 Å². The third kappa shape index (κ3) is 5.63. The maximum absolute atomic E-state index is 6.15. The van der Waals surface area contributed by atoms with E-state index in [1.54, 1.807) is 12.5 Å². The van der Waals surface area contributed by atoms with Gasteiger partial charge in [0.15, 0.2) is 5.75 Å². The highest BCUT2D eigenvalue weighted by Crippen LogP contribution is 2.30. The van der Waals surface area contributed by atoms with Gasteiger partial charge in [-0.2, -0.15) is 5.10 Å². The molecular weight excluding hydrogens is 440 g/mol. The van der Waals surface area contributed by atoms with Crippen LogP contribution in [0.15, 0.2) is 49.2 Å². The second kappa shape index (κ2) is 11.0. The molecule has 2 N–H and O–H groups in total. The van der Waals surface area contributed by atoms with Gasteiger partial charge in [-0.25, -0.2) is 14.6 Å². The van der Waals surface area contributed by atoms with E-state index in [-0.39, 0.29) is 12.4 Å². The Labute approximate surface area is 200 Å². The number of halogens is 1. The summed E-state index contributed by atoms with van der Waals surface area (Å²) in [5.41, 5.74) is 9.91. The van der Waals surface area contributed by atoms with Crippen molar-refractivity contribution in [3.63, 3.8) is 0 Å². The highest BCUT2D eigenvalue weighted by atomic mass is 35.5. The molecule has 0 atom stereocenters. The van der Waals surface area contributed by atoms with Crippen LogP contribution < -0.4 is 15.4 Å². The molecule has 1 aromatic carbocycles. The molecule has 1 saturated heterocycles. The van der Waals surface area contributed by atoms with Crippen LogP contribution >= 0.6 is 12.4 Å². The third-order valence-electron chi connectivity index (χ3n) is 6.39. The van der Waals surface area contributed by atoms with Crippen molar-refractivity contribution in [2.24, 2.45) is 11.7 Å². The number of nitrogens with zero attached hydrogens (tertiary/aromatic N) is 5. The van der Waals surface area contributed by atoms with Gasteiger partial charge in [-0.1, -0.05) is 0 Å². The molecule has 1 saturated carbocycles. The van der Waals surface area contributed by atoms with E-state index in [2.05, 4.69) is 44.2 Å². The van der Waals surface area contributed by atoms with E-state index in [1.807, 2.05) is 17.1 Å². The lowest BCUT2D eigenvalue weighted by Crippen LogP contribution is -2.36. The number of anilines is 1. The van der Waals surface area contributed by atoms with Crippen LogP contribution in [0, 0.1) is 5.92 Å². The maximum Gasteiger partial charge on any atom is 0.163 e. The Balaban J connectivity index is 0.00000259. The van der Waals surface area contributed by atoms with Gasteiger partial charge in [0, 0.05) is 36.6 Å². The molecule has 1 aliphatic heterocycles. The highest BCUT2D eigenvalue weighted by Gasteiger charge is 2.20. The molecule has 0 radical (unpaired) electrons. The van der Waals surface area contributed by atoms with E-state index < -0.39 is 0 Å². The van der Waals surface area contributed by atoms with Gasteiger partial charge in [-0.15, -0.1) is 12.4 Å². The summed E-state index contributed by atoms with van der Waals surface area (Å²) in [6, 6.07) is 8.80. The molecule has 0 unspecified atom stereocenters. The zero-order valence-corrected chi connectivity index (χ0v) is 19.5. The summed E-state index contributed by atoms with van der Waals surface area (Å²) in [7, 11) is 0. The molecule has 33 heavy (non-hydrogen) atoms. The lowest BCUT2D eigenvalue weighted by molar-refractivity contribution is 0.122. The molecule has 9 heteroatoms. The highest BCUT2D eigenvalue weighted by molar-refractivity contribution is 5.85. The molecule has 1 aliphatic carbocycles. The van der Waals surface area contributed by atoms with Crippen LogP contribution in [0.4, 0.5) is 5.69 Å². The van der Waals surface area contributed by atoms with Gasteiger partial charge in [0.2, 0.25) is 0 Å². The zero-order valence-electron chi connectivity index (χ0n) is 18.7. The molecule has 8 nitrogen and oxygen atoms in total. The Morgan fingerprint density at radius 1 is 1.00 bits per heavy atom. The summed E-state index contributed by atoms with van der Waals surface area (Å²) in [6.07, 6.45) is 11.5. The topological polar surface area (TPSA) is 91.3 Å².